The Morgan fingerprint density at radius 3 is 2.76 bits per heavy atom. The topological polar surface area (TPSA) is 51.1 Å². The molecule has 0 aromatic heterocycles. The van der Waals surface area contributed by atoms with Crippen LogP contribution in [0.3, 0.4) is 0 Å². The van der Waals surface area contributed by atoms with Crippen LogP contribution >= 0.6 is 24.0 Å². The summed E-state index contributed by atoms with van der Waals surface area (Å²) in [6.07, 6.45) is 3.90. The van der Waals surface area contributed by atoms with E-state index in [1.165, 1.54) is 11.3 Å². The third-order valence-electron chi connectivity index (χ3n) is 4.93. The van der Waals surface area contributed by atoms with Crippen molar-refractivity contribution in [2.45, 2.75) is 38.7 Å². The monoisotopic (exact) mass is 458 g/mol. The van der Waals surface area contributed by atoms with Crippen molar-refractivity contribution in [2.75, 3.05) is 44.2 Å². The van der Waals surface area contributed by atoms with Crippen LogP contribution < -0.4 is 10.2 Å². The van der Waals surface area contributed by atoms with Crippen LogP contribution in [0.25, 0.3) is 0 Å². The number of nitrogens with one attached hydrogen (secondary N) is 1. The van der Waals surface area contributed by atoms with E-state index in [9.17, 15) is 5.11 Å². The van der Waals surface area contributed by atoms with Gasteiger partial charge in [0.25, 0.3) is 0 Å². The molecule has 0 amide bonds. The molecule has 0 unspecified atom stereocenters. The fourth-order valence-corrected chi connectivity index (χ4v) is 3.58. The van der Waals surface area contributed by atoms with Crippen molar-refractivity contribution < 1.29 is 5.11 Å². The number of anilines is 1. The molecule has 2 heterocycles. The molecule has 3 rings (SSSR count). The van der Waals surface area contributed by atoms with Gasteiger partial charge in [-0.25, -0.2) is 0 Å². The zero-order chi connectivity index (χ0) is 16.8. The minimum absolute atomic E-state index is 0. The first-order valence-electron chi connectivity index (χ1n) is 9.32. The van der Waals surface area contributed by atoms with Crippen LogP contribution in [0.15, 0.2) is 29.3 Å². The van der Waals surface area contributed by atoms with Crippen LogP contribution in [0.1, 0.15) is 31.7 Å². The highest BCUT2D eigenvalue weighted by molar-refractivity contribution is 14.0. The van der Waals surface area contributed by atoms with E-state index in [0.717, 1.165) is 70.9 Å². The second-order valence-corrected chi connectivity index (χ2v) is 6.69. The molecule has 1 saturated heterocycles. The Balaban J connectivity index is 0.00000225. The first-order chi connectivity index (χ1) is 11.8. The average Bonchev–Trinajstić information content (AvgIpc) is 3.03. The maximum atomic E-state index is 9.57. The molecule has 0 aliphatic carbocycles. The minimum Gasteiger partial charge on any atom is -0.393 e. The summed E-state index contributed by atoms with van der Waals surface area (Å²) < 4.78 is 0. The molecule has 6 heteroatoms. The first-order valence-corrected chi connectivity index (χ1v) is 9.32. The maximum Gasteiger partial charge on any atom is 0.198 e. The molecular weight excluding hydrogens is 427 g/mol. The standard InChI is InChI=1S/C19H30N4O.HI/c1-2-20-19(23-15-8-16-6-3-4-7-18(16)23)21-11-5-12-22-13-9-17(24)10-14-22;/h3-4,6-7,17,24H,2,5,8-15H2,1H3,(H,20,21);1H. The number of hydrogen-bond donors (Lipinski definition) is 2. The van der Waals surface area contributed by atoms with Gasteiger partial charge in [-0.1, -0.05) is 18.2 Å². The molecule has 0 spiro atoms. The molecule has 1 aromatic rings. The molecule has 0 atom stereocenters. The Morgan fingerprint density at radius 1 is 1.24 bits per heavy atom. The van der Waals surface area contributed by atoms with E-state index in [-0.39, 0.29) is 30.1 Å². The Morgan fingerprint density at radius 2 is 2.00 bits per heavy atom. The van der Waals surface area contributed by atoms with Crippen molar-refractivity contribution in [3.8, 4) is 0 Å². The largest absolute Gasteiger partial charge is 0.393 e. The third kappa shape index (κ3) is 5.56. The highest BCUT2D eigenvalue weighted by Gasteiger charge is 2.22. The van der Waals surface area contributed by atoms with Gasteiger partial charge in [0.15, 0.2) is 5.96 Å². The molecule has 0 bridgehead atoms. The molecule has 1 aromatic carbocycles. The summed E-state index contributed by atoms with van der Waals surface area (Å²) >= 11 is 0. The van der Waals surface area contributed by atoms with E-state index in [1.54, 1.807) is 0 Å². The van der Waals surface area contributed by atoms with Crippen LogP contribution in [0, 0.1) is 0 Å². The van der Waals surface area contributed by atoms with Crippen molar-refractivity contribution >= 4 is 35.6 Å². The number of halogens is 1. The van der Waals surface area contributed by atoms with Gasteiger partial charge in [-0.2, -0.15) is 0 Å². The Hall–Kier alpha value is -0.860. The van der Waals surface area contributed by atoms with Crippen LogP contribution in [0.4, 0.5) is 5.69 Å². The number of aliphatic hydroxyl groups excluding tert-OH is 1. The van der Waals surface area contributed by atoms with Gasteiger partial charge in [0.05, 0.1) is 6.10 Å². The smallest absolute Gasteiger partial charge is 0.198 e. The molecule has 5 nitrogen and oxygen atoms in total. The lowest BCUT2D eigenvalue weighted by Crippen LogP contribution is -2.41. The zero-order valence-corrected chi connectivity index (χ0v) is 17.5. The summed E-state index contributed by atoms with van der Waals surface area (Å²) in [7, 11) is 0. The molecule has 25 heavy (non-hydrogen) atoms. The van der Waals surface area contributed by atoms with Crippen molar-refractivity contribution in [2.24, 2.45) is 4.99 Å². The SMILES string of the molecule is CCNC(=NCCCN1CCC(O)CC1)N1CCc2ccccc21.I. The van der Waals surface area contributed by atoms with Crippen LogP contribution in [0.5, 0.6) is 0 Å². The zero-order valence-electron chi connectivity index (χ0n) is 15.2. The normalized spacial score (nSPS) is 18.8. The number of hydrogen-bond acceptors (Lipinski definition) is 3. The highest BCUT2D eigenvalue weighted by atomic mass is 127. The Kier molecular flexibility index (Phi) is 8.45. The van der Waals surface area contributed by atoms with Crippen LogP contribution in [-0.4, -0.2) is 61.3 Å². The van der Waals surface area contributed by atoms with Gasteiger partial charge in [-0.15, -0.1) is 24.0 Å². The lowest BCUT2D eigenvalue weighted by molar-refractivity contribution is 0.0824. The highest BCUT2D eigenvalue weighted by Crippen LogP contribution is 2.27. The Labute approximate surface area is 168 Å². The van der Waals surface area contributed by atoms with E-state index in [4.69, 9.17) is 4.99 Å². The summed E-state index contributed by atoms with van der Waals surface area (Å²) in [4.78, 5) is 9.61. The van der Waals surface area contributed by atoms with E-state index in [2.05, 4.69) is 46.3 Å². The van der Waals surface area contributed by atoms with Crippen molar-refractivity contribution in [1.29, 1.82) is 0 Å². The van der Waals surface area contributed by atoms with E-state index in [0.29, 0.717) is 0 Å². The van der Waals surface area contributed by atoms with E-state index >= 15 is 0 Å². The van der Waals surface area contributed by atoms with Crippen molar-refractivity contribution in [3.05, 3.63) is 29.8 Å². The molecule has 1 fully saturated rings. The third-order valence-corrected chi connectivity index (χ3v) is 4.93. The summed E-state index contributed by atoms with van der Waals surface area (Å²) in [5.74, 6) is 1.01. The van der Waals surface area contributed by atoms with E-state index < -0.39 is 0 Å². The fraction of sp³-hybridized carbons (Fsp3) is 0.632. The van der Waals surface area contributed by atoms with Gasteiger partial charge in [0, 0.05) is 38.4 Å². The average molecular weight is 458 g/mol. The lowest BCUT2D eigenvalue weighted by atomic mass is 10.1. The number of rotatable bonds is 5. The molecule has 2 aliphatic heterocycles. The number of guanidine groups is 1. The summed E-state index contributed by atoms with van der Waals surface area (Å²) in [5, 5.41) is 13.0. The quantitative estimate of drug-likeness (QED) is 0.308. The summed E-state index contributed by atoms with van der Waals surface area (Å²) in [6, 6.07) is 8.62. The van der Waals surface area contributed by atoms with Gasteiger partial charge in [-0.3, -0.25) is 4.99 Å². The molecule has 140 valence electrons. The lowest BCUT2D eigenvalue weighted by Gasteiger charge is -2.29. The van der Waals surface area contributed by atoms with Gasteiger partial charge in [0.2, 0.25) is 0 Å². The van der Waals surface area contributed by atoms with Gasteiger partial charge in [0.1, 0.15) is 0 Å². The molecule has 2 N–H and O–H groups in total. The predicted molar refractivity (Wildman–Crippen MR) is 115 cm³/mol. The number of likely N-dealkylation sites (tertiary alicyclic amines) is 1. The molecule has 0 saturated carbocycles. The van der Waals surface area contributed by atoms with Gasteiger partial charge < -0.3 is 20.2 Å². The van der Waals surface area contributed by atoms with Gasteiger partial charge in [-0.05, 0) is 50.8 Å². The van der Waals surface area contributed by atoms with Crippen LogP contribution in [0.2, 0.25) is 0 Å². The number of fused-ring (bicyclic) bond motifs is 1. The molecule has 2 aliphatic rings. The first kappa shape index (κ1) is 20.5. The fourth-order valence-electron chi connectivity index (χ4n) is 3.58. The predicted octanol–water partition coefficient (Wildman–Crippen LogP) is 2.48. The number of para-hydroxylation sites is 1. The number of nitrogens with zero attached hydrogens (tertiary/aromatic N) is 3. The number of aliphatic imine (C=N–C) groups is 1. The van der Waals surface area contributed by atoms with Crippen LogP contribution in [-0.2, 0) is 6.42 Å². The number of benzene rings is 1. The minimum atomic E-state index is -0.0881. The number of piperidine rings is 1. The molecule has 0 radical (unpaired) electrons. The number of aliphatic hydroxyl groups is 1. The van der Waals surface area contributed by atoms with E-state index in [1.807, 2.05) is 0 Å². The maximum absolute atomic E-state index is 9.57. The second-order valence-electron chi connectivity index (χ2n) is 6.69. The Bertz CT molecular complexity index is 558. The second kappa shape index (κ2) is 10.3. The van der Waals surface area contributed by atoms with Crippen molar-refractivity contribution in [3.63, 3.8) is 0 Å². The van der Waals surface area contributed by atoms with Gasteiger partial charge >= 0.3 is 0 Å². The summed E-state index contributed by atoms with van der Waals surface area (Å²) in [6.45, 7) is 7.98. The summed E-state index contributed by atoms with van der Waals surface area (Å²) in [5.41, 5.74) is 2.71. The van der Waals surface area contributed by atoms with Crippen molar-refractivity contribution in [1.82, 2.24) is 10.2 Å². The molecular formula is C19H31IN4O.